The van der Waals surface area contributed by atoms with Crippen molar-refractivity contribution in [3.05, 3.63) is 34.4 Å². The second-order valence-corrected chi connectivity index (χ2v) is 5.56. The molecule has 0 amide bonds. The minimum Gasteiger partial charge on any atom is -0.348 e. The number of nitrogens with zero attached hydrogens (tertiary/aromatic N) is 2. The summed E-state index contributed by atoms with van der Waals surface area (Å²) in [5.41, 5.74) is 1.52. The van der Waals surface area contributed by atoms with E-state index in [1.54, 1.807) is 12.3 Å². The first-order valence-electron chi connectivity index (χ1n) is 7.11. The van der Waals surface area contributed by atoms with E-state index in [4.69, 9.17) is 9.47 Å². The number of ether oxygens (including phenoxy) is 2. The van der Waals surface area contributed by atoms with Crippen LogP contribution >= 0.6 is 0 Å². The van der Waals surface area contributed by atoms with Gasteiger partial charge in [0.15, 0.2) is 11.4 Å². The number of aromatic amines is 1. The number of hydrogen-bond acceptors (Lipinski definition) is 4. The molecule has 1 spiro atoms. The predicted octanol–water partition coefficient (Wildman–Crippen LogP) is 1.42. The molecule has 2 aromatic rings. The average molecular weight is 275 g/mol. The fraction of sp³-hybridized carbons (Fsp3) is 0.571. The van der Waals surface area contributed by atoms with Crippen molar-refractivity contribution in [2.24, 2.45) is 0 Å². The summed E-state index contributed by atoms with van der Waals surface area (Å²) in [7, 11) is 0. The van der Waals surface area contributed by atoms with Crippen molar-refractivity contribution < 1.29 is 9.47 Å². The van der Waals surface area contributed by atoms with E-state index in [0.29, 0.717) is 24.8 Å². The van der Waals surface area contributed by atoms with E-state index in [0.717, 1.165) is 31.4 Å². The zero-order valence-electron chi connectivity index (χ0n) is 11.2. The summed E-state index contributed by atoms with van der Waals surface area (Å²) in [6.07, 6.45) is 5.39. The molecule has 6 nitrogen and oxygen atoms in total. The summed E-state index contributed by atoms with van der Waals surface area (Å²) < 4.78 is 12.9. The molecule has 20 heavy (non-hydrogen) atoms. The average Bonchev–Trinajstić information content (AvgIpc) is 3.09. The number of hydrogen-bond donors (Lipinski definition) is 1. The Labute approximate surface area is 115 Å². The fourth-order valence-electron chi connectivity index (χ4n) is 3.29. The van der Waals surface area contributed by atoms with Crippen molar-refractivity contribution in [2.75, 3.05) is 13.2 Å². The smallest absolute Gasteiger partial charge is 0.272 e. The number of H-pyrrole nitrogens is 1. The van der Waals surface area contributed by atoms with E-state index in [-0.39, 0.29) is 11.3 Å². The lowest BCUT2D eigenvalue weighted by molar-refractivity contribution is -0.178. The second-order valence-electron chi connectivity index (χ2n) is 5.56. The first kappa shape index (κ1) is 12.1. The molecule has 0 aromatic carbocycles. The molecule has 1 aliphatic carbocycles. The van der Waals surface area contributed by atoms with Crippen LogP contribution in [0.3, 0.4) is 0 Å². The van der Waals surface area contributed by atoms with E-state index in [9.17, 15) is 4.79 Å². The van der Waals surface area contributed by atoms with Crippen LogP contribution < -0.4 is 5.56 Å². The van der Waals surface area contributed by atoms with Gasteiger partial charge in [-0.3, -0.25) is 9.89 Å². The van der Waals surface area contributed by atoms with Gasteiger partial charge in [0.2, 0.25) is 0 Å². The first-order valence-corrected chi connectivity index (χ1v) is 7.11. The van der Waals surface area contributed by atoms with Gasteiger partial charge in [0, 0.05) is 37.1 Å². The Morgan fingerprint density at radius 1 is 1.30 bits per heavy atom. The molecule has 6 heteroatoms. The maximum atomic E-state index is 12.0. The molecule has 0 bridgehead atoms. The van der Waals surface area contributed by atoms with Crippen LogP contribution in [0.5, 0.6) is 0 Å². The first-order chi connectivity index (χ1) is 9.76. The van der Waals surface area contributed by atoms with E-state index >= 15 is 0 Å². The molecule has 2 aromatic heterocycles. The molecular formula is C14H17N3O3. The van der Waals surface area contributed by atoms with Crippen LogP contribution in [0.4, 0.5) is 0 Å². The summed E-state index contributed by atoms with van der Waals surface area (Å²) in [5.74, 6) is -0.0370. The molecule has 0 radical (unpaired) electrons. The fourth-order valence-corrected chi connectivity index (χ4v) is 3.29. The molecule has 2 fully saturated rings. The number of nitrogens with one attached hydrogen (secondary N) is 1. The van der Waals surface area contributed by atoms with E-state index < -0.39 is 0 Å². The Morgan fingerprint density at radius 3 is 2.80 bits per heavy atom. The normalized spacial score (nSPS) is 22.8. The molecule has 2 aliphatic rings. The molecule has 1 saturated heterocycles. The van der Waals surface area contributed by atoms with Crippen molar-refractivity contribution in [3.8, 4) is 0 Å². The molecular weight excluding hydrogens is 258 g/mol. The Hall–Kier alpha value is -1.66. The van der Waals surface area contributed by atoms with Gasteiger partial charge in [0.05, 0.1) is 18.9 Å². The Morgan fingerprint density at radius 2 is 2.05 bits per heavy atom. The third kappa shape index (κ3) is 1.87. The van der Waals surface area contributed by atoms with Gasteiger partial charge < -0.3 is 9.47 Å². The predicted molar refractivity (Wildman–Crippen MR) is 71.7 cm³/mol. The largest absolute Gasteiger partial charge is 0.348 e. The molecule has 0 atom stereocenters. The lowest BCUT2D eigenvalue weighted by atomic mass is 9.83. The topological polar surface area (TPSA) is 68.6 Å². The lowest BCUT2D eigenvalue weighted by Crippen LogP contribution is -2.35. The Balaban J connectivity index is 1.59. The zero-order valence-corrected chi connectivity index (χ0v) is 11.2. The minimum atomic E-state index is -0.357. The maximum absolute atomic E-state index is 12.0. The molecule has 1 saturated carbocycles. The van der Waals surface area contributed by atoms with Gasteiger partial charge in [0.1, 0.15) is 0 Å². The molecule has 1 N–H and O–H groups in total. The minimum absolute atomic E-state index is 0.0522. The quantitative estimate of drug-likeness (QED) is 0.854. The van der Waals surface area contributed by atoms with Gasteiger partial charge in [-0.1, -0.05) is 0 Å². The summed E-state index contributed by atoms with van der Waals surface area (Å²) in [6.45, 7) is 1.39. The monoisotopic (exact) mass is 275 g/mol. The summed E-state index contributed by atoms with van der Waals surface area (Å²) in [6, 6.07) is 3.46. The molecule has 1 aliphatic heterocycles. The van der Waals surface area contributed by atoms with Gasteiger partial charge in [-0.05, 0) is 12.8 Å². The third-order valence-corrected chi connectivity index (χ3v) is 4.38. The van der Waals surface area contributed by atoms with Gasteiger partial charge in [-0.25, -0.2) is 9.50 Å². The van der Waals surface area contributed by atoms with Crippen LogP contribution in [-0.2, 0) is 9.47 Å². The molecule has 106 valence electrons. The highest BCUT2D eigenvalue weighted by Gasteiger charge is 2.40. The van der Waals surface area contributed by atoms with E-state index in [2.05, 4.69) is 10.1 Å². The highest BCUT2D eigenvalue weighted by atomic mass is 16.7. The van der Waals surface area contributed by atoms with Gasteiger partial charge in [-0.15, -0.1) is 0 Å². The molecule has 4 rings (SSSR count). The van der Waals surface area contributed by atoms with Crippen LogP contribution in [0.15, 0.2) is 23.1 Å². The van der Waals surface area contributed by atoms with Gasteiger partial charge in [-0.2, -0.15) is 0 Å². The second kappa shape index (κ2) is 4.43. The SMILES string of the molecule is O=c1cc(C2CCC3(CC2)OCCO3)nc2cc[nH]n12. The molecule has 0 unspecified atom stereocenters. The lowest BCUT2D eigenvalue weighted by Gasteiger charge is -2.35. The summed E-state index contributed by atoms with van der Waals surface area (Å²) in [5, 5.41) is 2.86. The zero-order chi connectivity index (χ0) is 13.6. The van der Waals surface area contributed by atoms with Crippen molar-refractivity contribution >= 4 is 5.65 Å². The standard InChI is InChI=1S/C14H17N3O3/c18-13-9-11(16-12-3-6-15-17(12)13)10-1-4-14(5-2-10)19-7-8-20-14/h3,6,9-10,15H,1-2,4-5,7-8H2. The van der Waals surface area contributed by atoms with Crippen LogP contribution in [0.2, 0.25) is 0 Å². The molecule has 3 heterocycles. The van der Waals surface area contributed by atoms with Gasteiger partial charge >= 0.3 is 0 Å². The Kier molecular flexibility index (Phi) is 2.68. The van der Waals surface area contributed by atoms with Crippen molar-refractivity contribution in [1.82, 2.24) is 14.6 Å². The highest BCUT2D eigenvalue weighted by molar-refractivity contribution is 5.37. The number of fused-ring (bicyclic) bond motifs is 1. The van der Waals surface area contributed by atoms with Crippen molar-refractivity contribution in [3.63, 3.8) is 0 Å². The summed E-state index contributed by atoms with van der Waals surface area (Å²) >= 11 is 0. The van der Waals surface area contributed by atoms with Crippen molar-refractivity contribution in [2.45, 2.75) is 37.4 Å². The maximum Gasteiger partial charge on any atom is 0.272 e. The van der Waals surface area contributed by atoms with E-state index in [1.807, 2.05) is 6.07 Å². The number of aromatic nitrogens is 3. The Bertz CT molecular complexity index is 674. The van der Waals surface area contributed by atoms with Crippen LogP contribution in [-0.4, -0.2) is 33.6 Å². The van der Waals surface area contributed by atoms with E-state index in [1.165, 1.54) is 4.52 Å². The van der Waals surface area contributed by atoms with Crippen molar-refractivity contribution in [1.29, 1.82) is 0 Å². The van der Waals surface area contributed by atoms with Gasteiger partial charge in [0.25, 0.3) is 5.56 Å². The third-order valence-electron chi connectivity index (χ3n) is 4.38. The highest BCUT2D eigenvalue weighted by Crippen LogP contribution is 2.41. The summed E-state index contributed by atoms with van der Waals surface area (Å²) in [4.78, 5) is 16.6. The van der Waals surface area contributed by atoms with Crippen LogP contribution in [0.1, 0.15) is 37.3 Å². The van der Waals surface area contributed by atoms with Crippen LogP contribution in [0.25, 0.3) is 5.65 Å². The number of rotatable bonds is 1. The van der Waals surface area contributed by atoms with Crippen LogP contribution in [0, 0.1) is 0 Å².